The van der Waals surface area contributed by atoms with Crippen LogP contribution in [0, 0.1) is 6.92 Å². The Morgan fingerprint density at radius 2 is 1.93 bits per heavy atom. The van der Waals surface area contributed by atoms with Gasteiger partial charge < -0.3 is 10.1 Å². The molecule has 158 valence electrons. The van der Waals surface area contributed by atoms with Crippen molar-refractivity contribution in [2.75, 3.05) is 7.11 Å². The topological polar surface area (TPSA) is 73.2 Å². The summed E-state index contributed by atoms with van der Waals surface area (Å²) in [4.78, 5) is 30.7. The van der Waals surface area contributed by atoms with E-state index in [1.807, 2.05) is 39.0 Å². The summed E-state index contributed by atoms with van der Waals surface area (Å²) in [6, 6.07) is 10.6. The average molecular weight is 446 g/mol. The van der Waals surface area contributed by atoms with Crippen molar-refractivity contribution < 1.29 is 9.53 Å². The molecule has 0 bridgehead atoms. The van der Waals surface area contributed by atoms with Crippen molar-refractivity contribution in [2.24, 2.45) is 0 Å². The third-order valence-electron chi connectivity index (χ3n) is 4.46. The van der Waals surface area contributed by atoms with Crippen LogP contribution in [0.5, 0.6) is 5.75 Å². The number of halogens is 1. The summed E-state index contributed by atoms with van der Waals surface area (Å²) < 4.78 is 7.01. The number of amides is 1. The molecule has 0 saturated carbocycles. The molecule has 0 radical (unpaired) electrons. The van der Waals surface area contributed by atoms with Crippen molar-refractivity contribution in [1.82, 2.24) is 14.9 Å². The van der Waals surface area contributed by atoms with Gasteiger partial charge in [0.1, 0.15) is 5.75 Å². The zero-order valence-corrected chi connectivity index (χ0v) is 19.1. The largest absolute Gasteiger partial charge is 0.495 e. The van der Waals surface area contributed by atoms with E-state index >= 15 is 0 Å². The minimum atomic E-state index is -0.460. The predicted molar refractivity (Wildman–Crippen MR) is 122 cm³/mol. The maximum atomic E-state index is 13.5. The van der Waals surface area contributed by atoms with Gasteiger partial charge in [-0.15, -0.1) is 0 Å². The van der Waals surface area contributed by atoms with Crippen LogP contribution in [0.4, 0.5) is 0 Å². The van der Waals surface area contributed by atoms with Gasteiger partial charge in [-0.25, -0.2) is 4.98 Å². The van der Waals surface area contributed by atoms with E-state index in [0.29, 0.717) is 32.5 Å². The Kier molecular flexibility index (Phi) is 6.73. The van der Waals surface area contributed by atoms with E-state index in [2.05, 4.69) is 10.3 Å². The van der Waals surface area contributed by atoms with Crippen LogP contribution >= 0.6 is 23.4 Å². The average Bonchev–Trinajstić information content (AvgIpc) is 2.67. The molecule has 8 heteroatoms. The number of aryl methyl sites for hydroxylation is 1. The zero-order chi connectivity index (χ0) is 22.0. The second-order valence-electron chi connectivity index (χ2n) is 7.30. The molecule has 6 nitrogen and oxygen atoms in total. The summed E-state index contributed by atoms with van der Waals surface area (Å²) in [5, 5.41) is 3.75. The molecular formula is C22H24ClN3O3S. The number of thioether (sulfide) groups is 1. The monoisotopic (exact) mass is 445 g/mol. The lowest BCUT2D eigenvalue weighted by Crippen LogP contribution is -2.36. The number of aromatic nitrogens is 2. The molecule has 0 aliphatic heterocycles. The highest BCUT2D eigenvalue weighted by molar-refractivity contribution is 8.00. The minimum Gasteiger partial charge on any atom is -0.495 e. The Hall–Kier alpha value is -2.51. The maximum Gasteiger partial charge on any atom is 0.266 e. The van der Waals surface area contributed by atoms with Crippen LogP contribution in [0.2, 0.25) is 5.02 Å². The van der Waals surface area contributed by atoms with Crippen molar-refractivity contribution in [1.29, 1.82) is 0 Å². The molecule has 0 aliphatic rings. The first kappa shape index (κ1) is 22.2. The number of nitrogens with zero attached hydrogens (tertiary/aromatic N) is 2. The summed E-state index contributed by atoms with van der Waals surface area (Å²) in [6.07, 6.45) is 0. The molecule has 3 rings (SSSR count). The van der Waals surface area contributed by atoms with E-state index in [4.69, 9.17) is 16.3 Å². The Labute approximate surface area is 184 Å². The van der Waals surface area contributed by atoms with Crippen molar-refractivity contribution >= 4 is 40.2 Å². The number of carbonyl (C=O) groups is 1. The SMILES string of the molecule is COc1ccc(C)cc1-n1c(SC(C)C(=O)NC(C)C)nc2cc(Cl)ccc2c1=O. The molecule has 1 atom stereocenters. The molecule has 1 heterocycles. The number of hydrogen-bond donors (Lipinski definition) is 1. The first-order valence-corrected chi connectivity index (χ1v) is 10.8. The van der Waals surface area contributed by atoms with Crippen LogP contribution in [0.1, 0.15) is 26.3 Å². The predicted octanol–water partition coefficient (Wildman–Crippen LogP) is 4.36. The summed E-state index contributed by atoms with van der Waals surface area (Å²) in [5.41, 5.74) is 1.77. The normalized spacial score (nSPS) is 12.2. The van der Waals surface area contributed by atoms with Crippen LogP contribution in [0.25, 0.3) is 16.6 Å². The van der Waals surface area contributed by atoms with Crippen LogP contribution in [0.3, 0.4) is 0 Å². The number of rotatable bonds is 6. The fourth-order valence-electron chi connectivity index (χ4n) is 3.02. The third-order valence-corrected chi connectivity index (χ3v) is 5.75. The molecule has 2 aromatic carbocycles. The highest BCUT2D eigenvalue weighted by Gasteiger charge is 2.22. The number of fused-ring (bicyclic) bond motifs is 1. The third kappa shape index (κ3) is 4.63. The van der Waals surface area contributed by atoms with Crippen molar-refractivity contribution in [3.63, 3.8) is 0 Å². The number of nitrogens with one attached hydrogen (secondary N) is 1. The first-order chi connectivity index (χ1) is 14.2. The van der Waals surface area contributed by atoms with Crippen LogP contribution in [-0.4, -0.2) is 33.9 Å². The van der Waals surface area contributed by atoms with Crippen LogP contribution in [0.15, 0.2) is 46.3 Å². The molecule has 1 unspecified atom stereocenters. The second kappa shape index (κ2) is 9.10. The smallest absolute Gasteiger partial charge is 0.266 e. The maximum absolute atomic E-state index is 13.5. The van der Waals surface area contributed by atoms with Crippen LogP contribution in [-0.2, 0) is 4.79 Å². The van der Waals surface area contributed by atoms with Crippen molar-refractivity contribution in [2.45, 2.75) is 44.1 Å². The molecule has 0 fully saturated rings. The fourth-order valence-corrected chi connectivity index (χ4v) is 4.11. The lowest BCUT2D eigenvalue weighted by molar-refractivity contribution is -0.120. The number of methoxy groups -OCH3 is 1. The van der Waals surface area contributed by atoms with E-state index in [0.717, 1.165) is 5.56 Å². The van der Waals surface area contributed by atoms with Crippen LogP contribution < -0.4 is 15.6 Å². The number of carbonyl (C=O) groups excluding carboxylic acids is 1. The number of ether oxygens (including phenoxy) is 1. The zero-order valence-electron chi connectivity index (χ0n) is 17.5. The fraction of sp³-hybridized carbons (Fsp3) is 0.318. The first-order valence-electron chi connectivity index (χ1n) is 9.55. The van der Waals surface area contributed by atoms with Gasteiger partial charge >= 0.3 is 0 Å². The highest BCUT2D eigenvalue weighted by Crippen LogP contribution is 2.30. The van der Waals surface area contributed by atoms with Gasteiger partial charge in [-0.05, 0) is 63.6 Å². The Bertz CT molecular complexity index is 1160. The van der Waals surface area contributed by atoms with E-state index in [-0.39, 0.29) is 17.5 Å². The molecule has 0 aliphatic carbocycles. The summed E-state index contributed by atoms with van der Waals surface area (Å²) in [7, 11) is 1.55. The van der Waals surface area contributed by atoms with E-state index in [1.54, 1.807) is 32.2 Å². The summed E-state index contributed by atoms with van der Waals surface area (Å²) in [6.45, 7) is 7.53. The molecule has 3 aromatic rings. The second-order valence-corrected chi connectivity index (χ2v) is 9.04. The Balaban J connectivity index is 2.24. The highest BCUT2D eigenvalue weighted by atomic mass is 35.5. The van der Waals surface area contributed by atoms with Gasteiger partial charge in [0.15, 0.2) is 5.16 Å². The van der Waals surface area contributed by atoms with E-state index in [9.17, 15) is 9.59 Å². The van der Waals surface area contributed by atoms with E-state index < -0.39 is 5.25 Å². The molecule has 0 spiro atoms. The van der Waals surface area contributed by atoms with Gasteiger partial charge in [-0.1, -0.05) is 29.4 Å². The van der Waals surface area contributed by atoms with Gasteiger partial charge in [-0.3, -0.25) is 14.2 Å². The molecule has 1 N–H and O–H groups in total. The van der Waals surface area contributed by atoms with Crippen molar-refractivity contribution in [3.8, 4) is 11.4 Å². The minimum absolute atomic E-state index is 0.0166. The van der Waals surface area contributed by atoms with Gasteiger partial charge in [0, 0.05) is 11.1 Å². The summed E-state index contributed by atoms with van der Waals surface area (Å²) >= 11 is 7.34. The molecule has 1 aromatic heterocycles. The van der Waals surface area contributed by atoms with Gasteiger partial charge in [0.2, 0.25) is 5.91 Å². The van der Waals surface area contributed by atoms with Gasteiger partial charge in [0.25, 0.3) is 5.56 Å². The van der Waals surface area contributed by atoms with Gasteiger partial charge in [-0.2, -0.15) is 0 Å². The molecular weight excluding hydrogens is 422 g/mol. The summed E-state index contributed by atoms with van der Waals surface area (Å²) in [5.74, 6) is 0.414. The molecule has 1 amide bonds. The molecule has 30 heavy (non-hydrogen) atoms. The Morgan fingerprint density at radius 1 is 1.20 bits per heavy atom. The van der Waals surface area contributed by atoms with Gasteiger partial charge in [0.05, 0.1) is 29.0 Å². The Morgan fingerprint density at radius 3 is 2.60 bits per heavy atom. The lowest BCUT2D eigenvalue weighted by atomic mass is 10.2. The van der Waals surface area contributed by atoms with Crippen molar-refractivity contribution in [3.05, 3.63) is 57.3 Å². The standard InChI is InChI=1S/C22H24ClN3O3S/c1-12(2)24-20(27)14(4)30-22-25-17-11-15(23)7-8-16(17)21(28)26(22)18-10-13(3)6-9-19(18)29-5/h6-12,14H,1-5H3,(H,24,27). The van der Waals surface area contributed by atoms with E-state index in [1.165, 1.54) is 16.3 Å². The lowest BCUT2D eigenvalue weighted by Gasteiger charge is -2.19. The quantitative estimate of drug-likeness (QED) is 0.450. The molecule has 0 saturated heterocycles. The number of hydrogen-bond acceptors (Lipinski definition) is 5. The number of benzene rings is 2.